The number of amides is 1. The summed E-state index contributed by atoms with van der Waals surface area (Å²) in [4.78, 5) is 19.8. The van der Waals surface area contributed by atoms with Crippen LogP contribution in [0, 0.1) is 0 Å². The van der Waals surface area contributed by atoms with E-state index in [9.17, 15) is 4.79 Å². The van der Waals surface area contributed by atoms with Gasteiger partial charge in [-0.05, 0) is 43.5 Å². The van der Waals surface area contributed by atoms with Gasteiger partial charge in [-0.3, -0.25) is 9.69 Å². The third-order valence-electron chi connectivity index (χ3n) is 5.17. The number of anilines is 1. The molecule has 7 heteroatoms. The van der Waals surface area contributed by atoms with Crippen LogP contribution in [-0.4, -0.2) is 43.4 Å². The molecular formula is C23H26N2O4S. The minimum Gasteiger partial charge on any atom is -0.497 e. The van der Waals surface area contributed by atoms with Crippen molar-refractivity contribution in [1.82, 2.24) is 4.98 Å². The molecule has 2 unspecified atom stereocenters. The van der Waals surface area contributed by atoms with Crippen molar-refractivity contribution in [3.8, 4) is 5.75 Å². The summed E-state index contributed by atoms with van der Waals surface area (Å²) in [6.07, 6.45) is 1.53. The van der Waals surface area contributed by atoms with E-state index in [0.29, 0.717) is 18.3 Å². The Kier molecular flexibility index (Phi) is 6.62. The van der Waals surface area contributed by atoms with Crippen LogP contribution in [0.5, 0.6) is 5.75 Å². The van der Waals surface area contributed by atoms with Crippen molar-refractivity contribution < 1.29 is 19.0 Å². The zero-order valence-corrected chi connectivity index (χ0v) is 18.1. The first-order valence-electron chi connectivity index (χ1n) is 10.2. The van der Waals surface area contributed by atoms with Gasteiger partial charge < -0.3 is 14.2 Å². The maximum Gasteiger partial charge on any atom is 0.257 e. The molecule has 1 aliphatic heterocycles. The van der Waals surface area contributed by atoms with Gasteiger partial charge in [0.25, 0.3) is 5.91 Å². The molecule has 1 saturated heterocycles. The molecule has 0 saturated carbocycles. The lowest BCUT2D eigenvalue weighted by Crippen LogP contribution is -2.39. The number of nitrogens with zero attached hydrogens (tertiary/aromatic N) is 2. The molecule has 0 spiro atoms. The zero-order chi connectivity index (χ0) is 20.9. The maximum absolute atomic E-state index is 13.4. The van der Waals surface area contributed by atoms with Crippen molar-refractivity contribution in [3.05, 3.63) is 54.1 Å². The van der Waals surface area contributed by atoms with Crippen LogP contribution in [0.3, 0.4) is 0 Å². The lowest BCUT2D eigenvalue weighted by Gasteiger charge is -2.24. The van der Waals surface area contributed by atoms with Gasteiger partial charge in [0.2, 0.25) is 0 Å². The Morgan fingerprint density at radius 1 is 1.30 bits per heavy atom. The van der Waals surface area contributed by atoms with E-state index in [-0.39, 0.29) is 12.0 Å². The van der Waals surface area contributed by atoms with Crippen LogP contribution >= 0.6 is 11.3 Å². The predicted octanol–water partition coefficient (Wildman–Crippen LogP) is 4.42. The lowest BCUT2D eigenvalue weighted by molar-refractivity contribution is -0.131. The number of ether oxygens (including phenoxy) is 3. The molecule has 6 nitrogen and oxygen atoms in total. The molecule has 1 aliphatic rings. The van der Waals surface area contributed by atoms with E-state index in [0.717, 1.165) is 41.0 Å². The molecule has 0 N–H and O–H groups in total. The molecule has 158 valence electrons. The first-order valence-corrected chi connectivity index (χ1v) is 11.0. The Bertz CT molecular complexity index is 985. The highest BCUT2D eigenvalue weighted by Crippen LogP contribution is 2.32. The number of carbonyl (C=O) groups is 1. The number of carbonyl (C=O) groups excluding carboxylic acids is 1. The second kappa shape index (κ2) is 9.55. The molecule has 0 radical (unpaired) electrons. The van der Waals surface area contributed by atoms with Gasteiger partial charge in [-0.1, -0.05) is 41.7 Å². The van der Waals surface area contributed by atoms with Gasteiger partial charge in [-0.2, -0.15) is 0 Å². The fourth-order valence-corrected chi connectivity index (χ4v) is 4.46. The second-order valence-electron chi connectivity index (χ2n) is 7.35. The van der Waals surface area contributed by atoms with E-state index in [1.165, 1.54) is 11.3 Å². The van der Waals surface area contributed by atoms with Gasteiger partial charge in [0.15, 0.2) is 5.13 Å². The quantitative estimate of drug-likeness (QED) is 0.534. The molecule has 30 heavy (non-hydrogen) atoms. The minimum absolute atomic E-state index is 0.0812. The average Bonchev–Trinajstić information content (AvgIpc) is 3.45. The number of fused-ring (bicyclic) bond motifs is 1. The van der Waals surface area contributed by atoms with Crippen LogP contribution in [0.15, 0.2) is 48.5 Å². The normalized spacial score (nSPS) is 17.2. The molecule has 1 fully saturated rings. The highest BCUT2D eigenvalue weighted by Gasteiger charge is 2.27. The maximum atomic E-state index is 13.4. The molecule has 0 aliphatic carbocycles. The molecule has 1 amide bonds. The number of hydrogen-bond donors (Lipinski definition) is 0. The van der Waals surface area contributed by atoms with Gasteiger partial charge in [-0.25, -0.2) is 4.98 Å². The topological polar surface area (TPSA) is 60.9 Å². The van der Waals surface area contributed by atoms with E-state index in [1.54, 1.807) is 18.9 Å². The summed E-state index contributed by atoms with van der Waals surface area (Å²) < 4.78 is 17.8. The number of rotatable bonds is 8. The Labute approximate surface area is 180 Å². The largest absolute Gasteiger partial charge is 0.497 e. The Hall–Kier alpha value is -2.48. The van der Waals surface area contributed by atoms with Gasteiger partial charge in [-0.15, -0.1) is 0 Å². The summed E-state index contributed by atoms with van der Waals surface area (Å²) in [6.45, 7) is 3.44. The monoisotopic (exact) mass is 426 g/mol. The zero-order valence-electron chi connectivity index (χ0n) is 17.2. The number of aromatic nitrogens is 1. The Morgan fingerprint density at radius 3 is 2.87 bits per heavy atom. The van der Waals surface area contributed by atoms with E-state index < -0.39 is 6.10 Å². The average molecular weight is 427 g/mol. The highest BCUT2D eigenvalue weighted by atomic mass is 32.1. The van der Waals surface area contributed by atoms with E-state index in [1.807, 2.05) is 48.5 Å². The number of benzene rings is 2. The molecule has 3 aromatic rings. The van der Waals surface area contributed by atoms with Crippen LogP contribution in [-0.2, 0) is 20.8 Å². The van der Waals surface area contributed by atoms with E-state index >= 15 is 0 Å². The highest BCUT2D eigenvalue weighted by molar-refractivity contribution is 7.22. The third kappa shape index (κ3) is 4.80. The Morgan fingerprint density at radius 2 is 2.13 bits per heavy atom. The summed E-state index contributed by atoms with van der Waals surface area (Å²) in [5.41, 5.74) is 1.88. The summed E-state index contributed by atoms with van der Waals surface area (Å²) >= 11 is 1.48. The summed E-state index contributed by atoms with van der Waals surface area (Å²) in [7, 11) is 1.64. The molecule has 0 bridgehead atoms. The number of hydrogen-bond acceptors (Lipinski definition) is 6. The number of methoxy groups -OCH3 is 1. The van der Waals surface area contributed by atoms with Crippen molar-refractivity contribution in [2.45, 2.75) is 38.5 Å². The van der Waals surface area contributed by atoms with E-state index in [4.69, 9.17) is 19.2 Å². The molecular weight excluding hydrogens is 400 g/mol. The van der Waals surface area contributed by atoms with Gasteiger partial charge in [0, 0.05) is 6.61 Å². The minimum atomic E-state index is -0.584. The smallest absolute Gasteiger partial charge is 0.257 e. The first kappa shape index (κ1) is 20.8. The Balaban J connectivity index is 1.57. The SMILES string of the molecule is COc1ccc2nc(N(Cc3ccccc3)C(=O)C(C)OCC3CCCO3)sc2c1. The molecule has 1 aromatic heterocycles. The van der Waals surface area contributed by atoms with Crippen LogP contribution < -0.4 is 9.64 Å². The van der Waals surface area contributed by atoms with Crippen molar-refractivity contribution in [2.24, 2.45) is 0 Å². The van der Waals surface area contributed by atoms with Gasteiger partial charge >= 0.3 is 0 Å². The molecule has 4 rings (SSSR count). The van der Waals surface area contributed by atoms with Crippen molar-refractivity contribution in [1.29, 1.82) is 0 Å². The molecule has 2 aromatic carbocycles. The summed E-state index contributed by atoms with van der Waals surface area (Å²) in [5, 5.41) is 0.652. The summed E-state index contributed by atoms with van der Waals surface area (Å²) in [5.74, 6) is 0.662. The lowest BCUT2D eigenvalue weighted by atomic mass is 10.2. The predicted molar refractivity (Wildman–Crippen MR) is 118 cm³/mol. The van der Waals surface area contributed by atoms with Crippen molar-refractivity contribution in [2.75, 3.05) is 25.2 Å². The van der Waals surface area contributed by atoms with Gasteiger partial charge in [0.1, 0.15) is 11.9 Å². The van der Waals surface area contributed by atoms with Crippen molar-refractivity contribution in [3.63, 3.8) is 0 Å². The van der Waals surface area contributed by atoms with Gasteiger partial charge in [0.05, 0.1) is 36.6 Å². The molecule has 2 heterocycles. The fourth-order valence-electron chi connectivity index (χ4n) is 3.46. The van der Waals surface area contributed by atoms with Crippen LogP contribution in [0.4, 0.5) is 5.13 Å². The van der Waals surface area contributed by atoms with Crippen LogP contribution in [0.2, 0.25) is 0 Å². The van der Waals surface area contributed by atoms with Crippen molar-refractivity contribution >= 4 is 32.6 Å². The number of thiazole rings is 1. The first-order chi connectivity index (χ1) is 14.6. The molecule has 2 atom stereocenters. The van der Waals surface area contributed by atoms with E-state index in [2.05, 4.69) is 0 Å². The van der Waals surface area contributed by atoms with Crippen LogP contribution in [0.25, 0.3) is 10.2 Å². The fraction of sp³-hybridized carbons (Fsp3) is 0.391. The summed E-state index contributed by atoms with van der Waals surface area (Å²) in [6, 6.07) is 15.7. The van der Waals surface area contributed by atoms with Crippen LogP contribution in [0.1, 0.15) is 25.3 Å². The third-order valence-corrected chi connectivity index (χ3v) is 6.21. The second-order valence-corrected chi connectivity index (χ2v) is 8.36. The standard InChI is InChI=1S/C23H26N2O4S/c1-16(29-15-19-9-6-12-28-19)22(26)25(14-17-7-4-3-5-8-17)23-24-20-11-10-18(27-2)13-21(20)30-23/h3-5,7-8,10-11,13,16,19H,6,9,12,14-15H2,1-2H3.